The van der Waals surface area contributed by atoms with E-state index in [4.69, 9.17) is 0 Å². The fraction of sp³-hybridized carbons (Fsp3) is 0.304. The number of rotatable bonds is 7. The lowest BCUT2D eigenvalue weighted by Gasteiger charge is -2.15. The maximum atomic E-state index is 4.20. The molecule has 0 heteroatoms. The van der Waals surface area contributed by atoms with E-state index in [1.54, 1.807) is 0 Å². The molecule has 0 bridgehead atoms. The molecular formula is C23H30. The summed E-state index contributed by atoms with van der Waals surface area (Å²) in [7, 11) is 0. The van der Waals surface area contributed by atoms with Crippen LogP contribution in [0.1, 0.15) is 40.2 Å². The summed E-state index contributed by atoms with van der Waals surface area (Å²) in [5, 5.41) is 0. The molecule has 0 fully saturated rings. The van der Waals surface area contributed by atoms with Crippen molar-refractivity contribution in [2.45, 2.75) is 34.6 Å². The van der Waals surface area contributed by atoms with Gasteiger partial charge in [-0.15, -0.1) is 0 Å². The van der Waals surface area contributed by atoms with E-state index >= 15 is 0 Å². The number of allylic oxidation sites excluding steroid dienone is 8. The van der Waals surface area contributed by atoms with Crippen LogP contribution in [0.25, 0.3) is 5.57 Å². The number of hydrogen-bond donors (Lipinski definition) is 0. The minimum Gasteiger partial charge on any atom is -0.0912 e. The molecule has 1 aromatic carbocycles. The molecule has 1 aromatic rings. The minimum absolute atomic E-state index is 0.0298. The van der Waals surface area contributed by atoms with Crippen LogP contribution >= 0.6 is 0 Å². The zero-order valence-corrected chi connectivity index (χ0v) is 15.3. The van der Waals surface area contributed by atoms with Crippen LogP contribution in [0.4, 0.5) is 0 Å². The lowest BCUT2D eigenvalue weighted by Crippen LogP contribution is -2.02. The van der Waals surface area contributed by atoms with Gasteiger partial charge in [0.25, 0.3) is 0 Å². The Hall–Kier alpha value is -2.08. The second-order valence-electron chi connectivity index (χ2n) is 6.83. The third kappa shape index (κ3) is 6.28. The average Bonchev–Trinajstić information content (AvgIpc) is 2.50. The minimum atomic E-state index is 0.0298. The number of benzene rings is 1. The Morgan fingerprint density at radius 3 is 2.13 bits per heavy atom. The van der Waals surface area contributed by atoms with Crippen molar-refractivity contribution in [2.24, 2.45) is 11.3 Å². The summed E-state index contributed by atoms with van der Waals surface area (Å²) in [6.45, 7) is 19.2. The third-order valence-electron chi connectivity index (χ3n) is 3.78. The molecule has 0 amide bonds. The first-order valence-corrected chi connectivity index (χ1v) is 8.25. The molecular weight excluding hydrogens is 276 g/mol. The molecule has 0 aliphatic carbocycles. The van der Waals surface area contributed by atoms with Crippen molar-refractivity contribution < 1.29 is 0 Å². The van der Waals surface area contributed by atoms with Crippen molar-refractivity contribution in [1.82, 2.24) is 0 Å². The summed E-state index contributed by atoms with van der Waals surface area (Å²) in [5.74, 6) is 0.436. The van der Waals surface area contributed by atoms with E-state index in [2.05, 4.69) is 95.5 Å². The van der Waals surface area contributed by atoms with Crippen LogP contribution in [0.2, 0.25) is 0 Å². The Morgan fingerprint density at radius 2 is 1.61 bits per heavy atom. The molecule has 0 unspecified atom stereocenters. The number of hydrogen-bond acceptors (Lipinski definition) is 0. The van der Waals surface area contributed by atoms with Crippen LogP contribution in [0, 0.1) is 11.3 Å². The van der Waals surface area contributed by atoms with Gasteiger partial charge in [-0.25, -0.2) is 0 Å². The SMILES string of the molecule is C=C(/C=C\C(C)(C)/C=C\C)C(=C)/C=C(/c1ccccc1)C(C)C. The van der Waals surface area contributed by atoms with Crippen LogP contribution in [0.15, 0.2) is 85.0 Å². The molecule has 0 saturated heterocycles. The predicted octanol–water partition coefficient (Wildman–Crippen LogP) is 7.00. The van der Waals surface area contributed by atoms with Crippen molar-refractivity contribution in [3.63, 3.8) is 0 Å². The average molecular weight is 306 g/mol. The Bertz CT molecular complexity index is 619. The molecule has 1 rings (SSSR count). The molecule has 0 nitrogen and oxygen atoms in total. The van der Waals surface area contributed by atoms with Crippen molar-refractivity contribution in [1.29, 1.82) is 0 Å². The van der Waals surface area contributed by atoms with Crippen LogP contribution in [0.3, 0.4) is 0 Å². The first-order chi connectivity index (χ1) is 10.8. The van der Waals surface area contributed by atoms with Gasteiger partial charge < -0.3 is 0 Å². The summed E-state index contributed by atoms with van der Waals surface area (Å²) >= 11 is 0. The Morgan fingerprint density at radius 1 is 1.00 bits per heavy atom. The van der Waals surface area contributed by atoms with Crippen LogP contribution in [-0.2, 0) is 0 Å². The first-order valence-electron chi connectivity index (χ1n) is 8.25. The Kier molecular flexibility index (Phi) is 7.03. The largest absolute Gasteiger partial charge is 0.0912 e. The molecule has 23 heavy (non-hydrogen) atoms. The van der Waals surface area contributed by atoms with Gasteiger partial charge in [-0.05, 0) is 35.1 Å². The van der Waals surface area contributed by atoms with Crippen molar-refractivity contribution in [3.8, 4) is 0 Å². The van der Waals surface area contributed by atoms with Gasteiger partial charge in [0.2, 0.25) is 0 Å². The standard InChI is InChI=1S/C23H30/c1-8-15-23(6,7)16-14-19(4)20(5)17-22(18(2)3)21-12-10-9-11-13-21/h8-18H,4-5H2,1-3,6-7H3/b15-8-,16-14-,22-17+. The Labute approximate surface area is 142 Å². The summed E-state index contributed by atoms with van der Waals surface area (Å²) in [6.07, 6.45) is 10.7. The van der Waals surface area contributed by atoms with Crippen molar-refractivity contribution in [2.75, 3.05) is 0 Å². The molecule has 0 aliphatic rings. The third-order valence-corrected chi connectivity index (χ3v) is 3.78. The predicted molar refractivity (Wildman–Crippen MR) is 105 cm³/mol. The molecule has 0 aromatic heterocycles. The van der Waals surface area contributed by atoms with E-state index in [0.29, 0.717) is 5.92 Å². The van der Waals surface area contributed by atoms with Crippen LogP contribution < -0.4 is 0 Å². The van der Waals surface area contributed by atoms with Gasteiger partial charge in [0.15, 0.2) is 0 Å². The molecule has 0 radical (unpaired) electrons. The molecule has 0 spiro atoms. The highest BCUT2D eigenvalue weighted by Gasteiger charge is 2.09. The second-order valence-corrected chi connectivity index (χ2v) is 6.83. The fourth-order valence-electron chi connectivity index (χ4n) is 2.40. The smallest absolute Gasteiger partial charge is 0.000762 e. The highest BCUT2D eigenvalue weighted by Crippen LogP contribution is 2.27. The van der Waals surface area contributed by atoms with Gasteiger partial charge in [-0.3, -0.25) is 0 Å². The summed E-state index contributed by atoms with van der Waals surface area (Å²) in [6, 6.07) is 10.5. The molecule has 0 heterocycles. The second kappa shape index (κ2) is 8.53. The highest BCUT2D eigenvalue weighted by atomic mass is 14.1. The molecule has 122 valence electrons. The molecule has 0 saturated carbocycles. The quantitative estimate of drug-likeness (QED) is 0.376. The topological polar surface area (TPSA) is 0 Å². The van der Waals surface area contributed by atoms with E-state index in [1.165, 1.54) is 11.1 Å². The van der Waals surface area contributed by atoms with E-state index in [-0.39, 0.29) is 5.41 Å². The van der Waals surface area contributed by atoms with Gasteiger partial charge in [-0.2, -0.15) is 0 Å². The summed E-state index contributed by atoms with van der Waals surface area (Å²) in [4.78, 5) is 0. The first kappa shape index (κ1) is 19.0. The van der Waals surface area contributed by atoms with Crippen LogP contribution in [0.5, 0.6) is 0 Å². The van der Waals surface area contributed by atoms with Gasteiger partial charge >= 0.3 is 0 Å². The van der Waals surface area contributed by atoms with E-state index in [9.17, 15) is 0 Å². The summed E-state index contributed by atoms with van der Waals surface area (Å²) in [5.41, 5.74) is 4.48. The van der Waals surface area contributed by atoms with Crippen molar-refractivity contribution in [3.05, 3.63) is 90.6 Å². The molecule has 0 atom stereocenters. The van der Waals surface area contributed by atoms with E-state index in [1.807, 2.05) is 13.0 Å². The monoisotopic (exact) mass is 306 g/mol. The molecule has 0 N–H and O–H groups in total. The Balaban J connectivity index is 2.98. The zero-order chi connectivity index (χ0) is 17.5. The molecule has 0 aliphatic heterocycles. The normalized spacial score (nSPS) is 13.2. The summed E-state index contributed by atoms with van der Waals surface area (Å²) < 4.78 is 0. The van der Waals surface area contributed by atoms with Gasteiger partial charge in [0, 0.05) is 5.41 Å². The van der Waals surface area contributed by atoms with Crippen molar-refractivity contribution >= 4 is 5.57 Å². The fourth-order valence-corrected chi connectivity index (χ4v) is 2.40. The highest BCUT2D eigenvalue weighted by molar-refractivity contribution is 5.71. The van der Waals surface area contributed by atoms with Crippen LogP contribution in [-0.4, -0.2) is 0 Å². The lowest BCUT2D eigenvalue weighted by molar-refractivity contribution is 0.625. The maximum absolute atomic E-state index is 4.20. The van der Waals surface area contributed by atoms with Gasteiger partial charge in [0.05, 0.1) is 0 Å². The van der Waals surface area contributed by atoms with E-state index < -0.39 is 0 Å². The van der Waals surface area contributed by atoms with Gasteiger partial charge in [0.1, 0.15) is 0 Å². The lowest BCUT2D eigenvalue weighted by atomic mass is 9.89. The zero-order valence-electron chi connectivity index (χ0n) is 15.3. The van der Waals surface area contributed by atoms with E-state index in [0.717, 1.165) is 11.1 Å². The maximum Gasteiger partial charge on any atom is 0.000762 e. The van der Waals surface area contributed by atoms with Gasteiger partial charge in [-0.1, -0.05) is 102 Å².